The van der Waals surface area contributed by atoms with Crippen LogP contribution in [0.5, 0.6) is 0 Å². The van der Waals surface area contributed by atoms with Crippen LogP contribution in [0.2, 0.25) is 0 Å². The Kier molecular flexibility index (Phi) is 5.40. The summed E-state index contributed by atoms with van der Waals surface area (Å²) in [5.74, 6) is -0.238. The van der Waals surface area contributed by atoms with Crippen molar-refractivity contribution in [3.05, 3.63) is 35.4 Å². The maximum Gasteiger partial charge on any atom is 0.302 e. The Balaban J connectivity index is 2.45. The molecule has 0 aliphatic heterocycles. The van der Waals surface area contributed by atoms with Crippen molar-refractivity contribution in [1.29, 1.82) is 0 Å². The molecule has 0 N–H and O–H groups in total. The molecule has 0 atom stereocenters. The summed E-state index contributed by atoms with van der Waals surface area (Å²) in [6, 6.07) is 8.18. The first-order valence-corrected chi connectivity index (χ1v) is 6.11. The fourth-order valence-corrected chi connectivity index (χ4v) is 1.54. The van der Waals surface area contributed by atoms with Crippen molar-refractivity contribution in [1.82, 2.24) is 0 Å². The highest BCUT2D eigenvalue weighted by molar-refractivity contribution is 9.09. The Morgan fingerprint density at radius 2 is 1.87 bits per heavy atom. The van der Waals surface area contributed by atoms with Crippen LogP contribution in [-0.2, 0) is 22.6 Å². The molecule has 0 amide bonds. The van der Waals surface area contributed by atoms with Gasteiger partial charge in [0.05, 0.1) is 0 Å². The lowest BCUT2D eigenvalue weighted by atomic mass is 10.1. The predicted molar refractivity (Wildman–Crippen MR) is 64.0 cm³/mol. The molecule has 82 valence electrons. The van der Waals surface area contributed by atoms with E-state index >= 15 is 0 Å². The quantitative estimate of drug-likeness (QED) is 0.607. The van der Waals surface area contributed by atoms with E-state index in [1.54, 1.807) is 0 Å². The molecule has 0 heterocycles. The summed E-state index contributed by atoms with van der Waals surface area (Å²) in [4.78, 5) is 10.6. The summed E-state index contributed by atoms with van der Waals surface area (Å²) in [6.07, 6.45) is 2.22. The lowest BCUT2D eigenvalue weighted by molar-refractivity contribution is -0.142. The fourth-order valence-electron chi connectivity index (χ4n) is 1.26. The number of hydrogen-bond donors (Lipinski definition) is 0. The average molecular weight is 271 g/mol. The van der Waals surface area contributed by atoms with Gasteiger partial charge < -0.3 is 4.74 Å². The predicted octanol–water partition coefficient (Wildman–Crippen LogP) is 3.08. The summed E-state index contributed by atoms with van der Waals surface area (Å²) < 4.78 is 4.90. The average Bonchev–Trinajstić information content (AvgIpc) is 2.25. The van der Waals surface area contributed by atoms with Gasteiger partial charge in [0.15, 0.2) is 0 Å². The molecule has 2 nitrogen and oxygen atoms in total. The van der Waals surface area contributed by atoms with Crippen molar-refractivity contribution >= 4 is 21.9 Å². The number of carbonyl (C=O) groups excluding carboxylic acids is 1. The Labute approximate surface area is 98.8 Å². The van der Waals surface area contributed by atoms with Gasteiger partial charge in [-0.3, -0.25) is 4.79 Å². The Morgan fingerprint density at radius 3 is 2.40 bits per heavy atom. The summed E-state index contributed by atoms with van der Waals surface area (Å²) in [7, 11) is 0. The van der Waals surface area contributed by atoms with Crippen LogP contribution in [0.1, 0.15) is 24.5 Å². The van der Waals surface area contributed by atoms with Gasteiger partial charge >= 0.3 is 5.97 Å². The first kappa shape index (κ1) is 12.2. The minimum atomic E-state index is -0.238. The van der Waals surface area contributed by atoms with Crippen molar-refractivity contribution in [3.63, 3.8) is 0 Å². The monoisotopic (exact) mass is 270 g/mol. The number of ether oxygens (including phenoxy) is 1. The minimum Gasteiger partial charge on any atom is -0.461 e. The van der Waals surface area contributed by atoms with Crippen LogP contribution in [0.4, 0.5) is 0 Å². The first-order valence-electron chi connectivity index (χ1n) is 4.99. The smallest absolute Gasteiger partial charge is 0.302 e. The second-order valence-electron chi connectivity index (χ2n) is 3.39. The molecule has 15 heavy (non-hydrogen) atoms. The molecule has 0 aliphatic carbocycles. The standard InChI is InChI=1S/C12H15BrO2/c1-10(14)15-9-12-6-4-11(5-7-12)3-2-8-13/h4-7H,2-3,8-9H2,1H3. The molecule has 0 saturated heterocycles. The molecular formula is C12H15BrO2. The molecule has 0 fully saturated rings. The number of rotatable bonds is 5. The fraction of sp³-hybridized carbons (Fsp3) is 0.417. The molecule has 0 aromatic heterocycles. The molecule has 0 bridgehead atoms. The number of halogens is 1. The van der Waals surface area contributed by atoms with Gasteiger partial charge in [0, 0.05) is 12.3 Å². The molecule has 1 rings (SSSR count). The molecule has 0 aliphatic rings. The summed E-state index contributed by atoms with van der Waals surface area (Å²) in [6.45, 7) is 1.79. The highest BCUT2D eigenvalue weighted by Gasteiger charge is 1.97. The third-order valence-corrected chi connectivity index (χ3v) is 2.62. The summed E-state index contributed by atoms with van der Waals surface area (Å²) in [5, 5.41) is 1.03. The molecular weight excluding hydrogens is 256 g/mol. The van der Waals surface area contributed by atoms with Gasteiger partial charge in [0.1, 0.15) is 6.61 Å². The highest BCUT2D eigenvalue weighted by atomic mass is 79.9. The number of hydrogen-bond acceptors (Lipinski definition) is 2. The normalized spacial score (nSPS) is 10.0. The summed E-state index contributed by atoms with van der Waals surface area (Å²) >= 11 is 3.40. The van der Waals surface area contributed by atoms with Crippen LogP contribution in [0, 0.1) is 0 Å². The zero-order valence-corrected chi connectivity index (χ0v) is 10.4. The Bertz CT molecular complexity index is 306. The Hall–Kier alpha value is -0.830. The molecule has 0 radical (unpaired) electrons. The zero-order valence-electron chi connectivity index (χ0n) is 8.83. The third-order valence-electron chi connectivity index (χ3n) is 2.06. The third kappa shape index (κ3) is 4.98. The van der Waals surface area contributed by atoms with Crippen molar-refractivity contribution < 1.29 is 9.53 Å². The van der Waals surface area contributed by atoms with E-state index in [9.17, 15) is 4.79 Å². The van der Waals surface area contributed by atoms with Crippen molar-refractivity contribution in [2.24, 2.45) is 0 Å². The van der Waals surface area contributed by atoms with Gasteiger partial charge in [0.25, 0.3) is 0 Å². The van der Waals surface area contributed by atoms with Gasteiger partial charge in [-0.2, -0.15) is 0 Å². The highest BCUT2D eigenvalue weighted by Crippen LogP contribution is 2.08. The van der Waals surface area contributed by atoms with Crippen LogP contribution in [0.25, 0.3) is 0 Å². The van der Waals surface area contributed by atoms with Gasteiger partial charge in [-0.1, -0.05) is 40.2 Å². The maximum atomic E-state index is 10.6. The lowest BCUT2D eigenvalue weighted by Gasteiger charge is -2.03. The lowest BCUT2D eigenvalue weighted by Crippen LogP contribution is -1.98. The largest absolute Gasteiger partial charge is 0.461 e. The minimum absolute atomic E-state index is 0.238. The van der Waals surface area contributed by atoms with Crippen LogP contribution >= 0.6 is 15.9 Å². The molecule has 3 heteroatoms. The van der Waals surface area contributed by atoms with Crippen LogP contribution in [0.3, 0.4) is 0 Å². The van der Waals surface area contributed by atoms with Gasteiger partial charge in [0.2, 0.25) is 0 Å². The number of carbonyl (C=O) groups is 1. The van der Waals surface area contributed by atoms with E-state index in [2.05, 4.69) is 28.1 Å². The zero-order chi connectivity index (χ0) is 11.1. The van der Waals surface area contributed by atoms with Gasteiger partial charge in [-0.15, -0.1) is 0 Å². The Morgan fingerprint density at radius 1 is 1.27 bits per heavy atom. The van der Waals surface area contributed by atoms with Crippen molar-refractivity contribution in [3.8, 4) is 0 Å². The molecule has 1 aromatic carbocycles. The second kappa shape index (κ2) is 6.62. The summed E-state index contributed by atoms with van der Waals surface area (Å²) in [5.41, 5.74) is 2.36. The topological polar surface area (TPSA) is 26.3 Å². The molecule has 1 aromatic rings. The van der Waals surface area contributed by atoms with E-state index in [1.807, 2.05) is 12.1 Å². The van der Waals surface area contributed by atoms with Gasteiger partial charge in [-0.25, -0.2) is 0 Å². The number of benzene rings is 1. The van der Waals surface area contributed by atoms with E-state index in [4.69, 9.17) is 4.74 Å². The van der Waals surface area contributed by atoms with Crippen molar-refractivity contribution in [2.45, 2.75) is 26.4 Å². The first-order chi connectivity index (χ1) is 7.22. The van der Waals surface area contributed by atoms with Crippen molar-refractivity contribution in [2.75, 3.05) is 5.33 Å². The SMILES string of the molecule is CC(=O)OCc1ccc(CCCBr)cc1. The number of alkyl halides is 1. The van der Waals surface area contributed by atoms with Crippen LogP contribution in [0.15, 0.2) is 24.3 Å². The maximum absolute atomic E-state index is 10.6. The molecule has 0 unspecified atom stereocenters. The molecule has 0 saturated carbocycles. The number of esters is 1. The van der Waals surface area contributed by atoms with E-state index in [1.165, 1.54) is 12.5 Å². The van der Waals surface area contributed by atoms with Crippen LogP contribution < -0.4 is 0 Å². The van der Waals surface area contributed by atoms with E-state index in [-0.39, 0.29) is 5.97 Å². The van der Waals surface area contributed by atoms with Gasteiger partial charge in [-0.05, 0) is 24.0 Å². The van der Waals surface area contributed by atoms with E-state index in [0.29, 0.717) is 6.61 Å². The van der Waals surface area contributed by atoms with E-state index < -0.39 is 0 Å². The van der Waals surface area contributed by atoms with Crippen LogP contribution in [-0.4, -0.2) is 11.3 Å². The second-order valence-corrected chi connectivity index (χ2v) is 4.18. The van der Waals surface area contributed by atoms with E-state index in [0.717, 1.165) is 23.7 Å². The number of aryl methyl sites for hydroxylation is 1. The molecule has 0 spiro atoms.